The molecule has 1 aromatic heterocycles. The molecule has 4 heteroatoms. The quantitative estimate of drug-likeness (QED) is 0.793. The third kappa shape index (κ3) is 1.94. The number of nitrogens with two attached hydrogens (primary N) is 1. The van der Waals surface area contributed by atoms with Crippen molar-refractivity contribution in [3.8, 4) is 17.1 Å². The van der Waals surface area contributed by atoms with Crippen LogP contribution in [0.1, 0.15) is 5.56 Å². The predicted octanol–water partition coefficient (Wildman–Crippen LogP) is 2.71. The number of aromatic nitrogens is 2. The maximum absolute atomic E-state index is 5.69. The summed E-state index contributed by atoms with van der Waals surface area (Å²) in [6, 6.07) is 14.0. The average molecular weight is 267 g/mol. The molecule has 2 N–H and O–H groups in total. The Morgan fingerprint density at radius 2 is 2.00 bits per heavy atom. The maximum atomic E-state index is 5.69. The number of para-hydroxylation sites is 1. The molecule has 0 saturated carbocycles. The van der Waals surface area contributed by atoms with Gasteiger partial charge in [0.05, 0.1) is 23.7 Å². The van der Waals surface area contributed by atoms with Gasteiger partial charge in [0.1, 0.15) is 11.6 Å². The molecule has 2 aromatic carbocycles. The Labute approximate surface area is 117 Å². The summed E-state index contributed by atoms with van der Waals surface area (Å²) >= 11 is 0. The molecule has 1 heterocycles. The van der Waals surface area contributed by atoms with Gasteiger partial charge in [-0.2, -0.15) is 0 Å². The number of hydrogen-bond acceptors (Lipinski definition) is 3. The van der Waals surface area contributed by atoms with Crippen molar-refractivity contribution in [2.24, 2.45) is 12.8 Å². The first-order valence-electron chi connectivity index (χ1n) is 6.53. The zero-order valence-electron chi connectivity index (χ0n) is 11.6. The van der Waals surface area contributed by atoms with Gasteiger partial charge in [-0.25, -0.2) is 4.98 Å². The fourth-order valence-electron chi connectivity index (χ4n) is 2.44. The van der Waals surface area contributed by atoms with E-state index in [1.807, 2.05) is 43.4 Å². The molecule has 20 heavy (non-hydrogen) atoms. The zero-order valence-corrected chi connectivity index (χ0v) is 11.6. The summed E-state index contributed by atoms with van der Waals surface area (Å²) in [6.45, 7) is 0.524. The lowest BCUT2D eigenvalue weighted by Gasteiger charge is -2.07. The maximum Gasteiger partial charge on any atom is 0.144 e. The van der Waals surface area contributed by atoms with Crippen molar-refractivity contribution in [3.05, 3.63) is 48.0 Å². The van der Waals surface area contributed by atoms with E-state index in [9.17, 15) is 0 Å². The summed E-state index contributed by atoms with van der Waals surface area (Å²) < 4.78 is 7.50. The molecule has 0 unspecified atom stereocenters. The van der Waals surface area contributed by atoms with Crippen molar-refractivity contribution in [2.75, 3.05) is 7.11 Å². The first kappa shape index (κ1) is 12.7. The average Bonchev–Trinajstić information content (AvgIpc) is 2.83. The molecule has 0 fully saturated rings. The van der Waals surface area contributed by atoms with Crippen molar-refractivity contribution < 1.29 is 4.74 Å². The van der Waals surface area contributed by atoms with E-state index in [0.717, 1.165) is 33.7 Å². The summed E-state index contributed by atoms with van der Waals surface area (Å²) in [5.41, 5.74) is 9.80. The van der Waals surface area contributed by atoms with Crippen molar-refractivity contribution >= 4 is 11.0 Å². The third-order valence-corrected chi connectivity index (χ3v) is 3.53. The predicted molar refractivity (Wildman–Crippen MR) is 80.6 cm³/mol. The lowest BCUT2D eigenvalue weighted by atomic mass is 10.2. The van der Waals surface area contributed by atoms with E-state index in [2.05, 4.69) is 10.6 Å². The Kier molecular flexibility index (Phi) is 3.16. The molecule has 102 valence electrons. The van der Waals surface area contributed by atoms with E-state index in [0.29, 0.717) is 6.54 Å². The summed E-state index contributed by atoms with van der Waals surface area (Å²) in [5, 5.41) is 0. The summed E-state index contributed by atoms with van der Waals surface area (Å²) in [6.07, 6.45) is 0. The second kappa shape index (κ2) is 4.98. The van der Waals surface area contributed by atoms with Gasteiger partial charge in [-0.15, -0.1) is 0 Å². The molecule has 4 nitrogen and oxygen atoms in total. The second-order valence-electron chi connectivity index (χ2n) is 4.72. The number of rotatable bonds is 3. The summed E-state index contributed by atoms with van der Waals surface area (Å²) in [5.74, 6) is 1.72. The smallest absolute Gasteiger partial charge is 0.144 e. The molecule has 0 amide bonds. The van der Waals surface area contributed by atoms with Crippen LogP contribution in [-0.4, -0.2) is 16.7 Å². The Balaban J connectivity index is 2.23. The molecule has 0 radical (unpaired) electrons. The Morgan fingerprint density at radius 1 is 1.20 bits per heavy atom. The van der Waals surface area contributed by atoms with E-state index in [-0.39, 0.29) is 0 Å². The molecule has 3 rings (SSSR count). The highest BCUT2D eigenvalue weighted by Crippen LogP contribution is 2.31. The number of ether oxygens (including phenoxy) is 1. The SMILES string of the molecule is COc1ccccc1-c1nc2cc(CN)ccc2n1C. The van der Waals surface area contributed by atoms with E-state index in [4.69, 9.17) is 15.5 Å². The zero-order chi connectivity index (χ0) is 14.1. The molecule has 0 atom stereocenters. The lowest BCUT2D eigenvalue weighted by Crippen LogP contribution is -1.96. The van der Waals surface area contributed by atoms with E-state index in [1.165, 1.54) is 0 Å². The van der Waals surface area contributed by atoms with Crippen LogP contribution in [0.2, 0.25) is 0 Å². The topological polar surface area (TPSA) is 53.1 Å². The Bertz CT molecular complexity index is 762. The molecule has 0 aliphatic carbocycles. The fourth-order valence-corrected chi connectivity index (χ4v) is 2.44. The van der Waals surface area contributed by atoms with Crippen LogP contribution in [0.5, 0.6) is 5.75 Å². The van der Waals surface area contributed by atoms with Gasteiger partial charge in [0, 0.05) is 13.6 Å². The van der Waals surface area contributed by atoms with Gasteiger partial charge in [-0.05, 0) is 29.8 Å². The first-order valence-corrected chi connectivity index (χ1v) is 6.53. The molecule has 0 saturated heterocycles. The molecule has 0 bridgehead atoms. The molecular formula is C16H17N3O. The number of benzene rings is 2. The van der Waals surface area contributed by atoms with Crippen LogP contribution in [0.4, 0.5) is 0 Å². The standard InChI is InChI=1S/C16H17N3O/c1-19-14-8-7-11(10-17)9-13(14)18-16(19)12-5-3-4-6-15(12)20-2/h3-9H,10,17H2,1-2H3. The highest BCUT2D eigenvalue weighted by Gasteiger charge is 2.13. The van der Waals surface area contributed by atoms with Crippen LogP contribution in [0, 0.1) is 0 Å². The minimum absolute atomic E-state index is 0.524. The number of aryl methyl sites for hydroxylation is 1. The number of imidazole rings is 1. The van der Waals surface area contributed by atoms with Gasteiger partial charge in [0.25, 0.3) is 0 Å². The largest absolute Gasteiger partial charge is 0.496 e. The Hall–Kier alpha value is -2.33. The third-order valence-electron chi connectivity index (χ3n) is 3.53. The molecule has 3 aromatic rings. The van der Waals surface area contributed by atoms with E-state index < -0.39 is 0 Å². The highest BCUT2D eigenvalue weighted by atomic mass is 16.5. The lowest BCUT2D eigenvalue weighted by molar-refractivity contribution is 0.416. The van der Waals surface area contributed by atoms with Gasteiger partial charge >= 0.3 is 0 Å². The van der Waals surface area contributed by atoms with Crippen molar-refractivity contribution in [3.63, 3.8) is 0 Å². The van der Waals surface area contributed by atoms with Crippen LogP contribution in [0.15, 0.2) is 42.5 Å². The Morgan fingerprint density at radius 3 is 2.75 bits per heavy atom. The van der Waals surface area contributed by atoms with Crippen molar-refractivity contribution in [2.45, 2.75) is 6.54 Å². The minimum atomic E-state index is 0.524. The van der Waals surface area contributed by atoms with Crippen LogP contribution in [0.3, 0.4) is 0 Å². The summed E-state index contributed by atoms with van der Waals surface area (Å²) in [7, 11) is 3.69. The number of nitrogens with zero attached hydrogens (tertiary/aromatic N) is 2. The van der Waals surface area contributed by atoms with Gasteiger partial charge in [-0.1, -0.05) is 18.2 Å². The number of methoxy groups -OCH3 is 1. The molecule has 0 spiro atoms. The molecular weight excluding hydrogens is 250 g/mol. The monoisotopic (exact) mass is 267 g/mol. The van der Waals surface area contributed by atoms with Crippen LogP contribution in [0.25, 0.3) is 22.4 Å². The van der Waals surface area contributed by atoms with Gasteiger partial charge in [-0.3, -0.25) is 0 Å². The van der Waals surface area contributed by atoms with Crippen molar-refractivity contribution in [1.29, 1.82) is 0 Å². The van der Waals surface area contributed by atoms with Gasteiger partial charge in [0.2, 0.25) is 0 Å². The highest BCUT2D eigenvalue weighted by molar-refractivity contribution is 5.82. The summed E-state index contributed by atoms with van der Waals surface area (Å²) in [4.78, 5) is 4.73. The second-order valence-corrected chi connectivity index (χ2v) is 4.72. The van der Waals surface area contributed by atoms with E-state index in [1.54, 1.807) is 7.11 Å². The number of fused-ring (bicyclic) bond motifs is 1. The van der Waals surface area contributed by atoms with Crippen LogP contribution in [-0.2, 0) is 13.6 Å². The minimum Gasteiger partial charge on any atom is -0.496 e. The van der Waals surface area contributed by atoms with Crippen LogP contribution < -0.4 is 10.5 Å². The van der Waals surface area contributed by atoms with Crippen LogP contribution >= 0.6 is 0 Å². The van der Waals surface area contributed by atoms with Crippen molar-refractivity contribution in [1.82, 2.24) is 9.55 Å². The van der Waals surface area contributed by atoms with Gasteiger partial charge in [0.15, 0.2) is 0 Å². The van der Waals surface area contributed by atoms with Gasteiger partial charge < -0.3 is 15.0 Å². The van der Waals surface area contributed by atoms with E-state index >= 15 is 0 Å². The molecule has 0 aliphatic heterocycles. The normalized spacial score (nSPS) is 10.9. The molecule has 0 aliphatic rings. The fraction of sp³-hybridized carbons (Fsp3) is 0.188. The first-order chi connectivity index (χ1) is 9.74. The number of hydrogen-bond donors (Lipinski definition) is 1.